The summed E-state index contributed by atoms with van der Waals surface area (Å²) in [6, 6.07) is 7.98. The van der Waals surface area contributed by atoms with Crippen LogP contribution in [0.1, 0.15) is 69.8 Å². The van der Waals surface area contributed by atoms with Crippen molar-refractivity contribution in [1.29, 1.82) is 0 Å². The Kier molecular flexibility index (Phi) is 5.93. The quantitative estimate of drug-likeness (QED) is 0.436. The van der Waals surface area contributed by atoms with Gasteiger partial charge in [0.1, 0.15) is 0 Å². The van der Waals surface area contributed by atoms with E-state index < -0.39 is 5.97 Å². The van der Waals surface area contributed by atoms with Gasteiger partial charge in [0.25, 0.3) is 0 Å². The molecule has 0 spiro atoms. The van der Waals surface area contributed by atoms with Crippen molar-refractivity contribution in [2.45, 2.75) is 69.1 Å². The molecule has 1 aromatic rings. The minimum Gasteiger partial charge on any atom is -0.481 e. The Morgan fingerprint density at radius 2 is 1.96 bits per heavy atom. The van der Waals surface area contributed by atoms with Crippen molar-refractivity contribution >= 4 is 18.6 Å². The number of carbonyl (C=O) groups is 1. The molecular weight excluding hydrogens is 328 g/mol. The van der Waals surface area contributed by atoms with Crippen molar-refractivity contribution in [1.82, 2.24) is 0 Å². The Balaban J connectivity index is 1.67. The Morgan fingerprint density at radius 3 is 2.48 bits per heavy atom. The van der Waals surface area contributed by atoms with Crippen molar-refractivity contribution in [3.8, 4) is 0 Å². The van der Waals surface area contributed by atoms with E-state index in [9.17, 15) is 9.90 Å². The summed E-state index contributed by atoms with van der Waals surface area (Å²) in [5, 5.41) is 9.63. The summed E-state index contributed by atoms with van der Waals surface area (Å²) in [4.78, 5) is 12.6. The number of fused-ring (bicyclic) bond motifs is 2. The van der Waals surface area contributed by atoms with Gasteiger partial charge in [0.2, 0.25) is 0 Å². The zero-order chi connectivity index (χ0) is 17.9. The van der Waals surface area contributed by atoms with E-state index in [1.807, 2.05) is 31.2 Å². The van der Waals surface area contributed by atoms with Gasteiger partial charge in [-0.3, -0.25) is 4.79 Å². The number of hydrogen-bond donors (Lipinski definition) is 2. The molecule has 2 aliphatic rings. The van der Waals surface area contributed by atoms with E-state index in [4.69, 9.17) is 0 Å². The third-order valence-corrected chi connectivity index (χ3v) is 6.86. The number of thiol groups is 1. The number of rotatable bonds is 8. The SMILES string of the molecule is CCC(C(=O)O)C(CC=CCC12CCC(CC1)C2)c1ccc(S)cc1. The highest BCUT2D eigenvalue weighted by Gasteiger charge is 2.43. The van der Waals surface area contributed by atoms with E-state index in [2.05, 4.69) is 24.8 Å². The largest absolute Gasteiger partial charge is 0.481 e. The Bertz CT molecular complexity index is 611. The molecule has 1 N–H and O–H groups in total. The molecule has 0 aliphatic heterocycles. The maximum Gasteiger partial charge on any atom is 0.307 e. The topological polar surface area (TPSA) is 37.3 Å². The van der Waals surface area contributed by atoms with Crippen molar-refractivity contribution in [2.75, 3.05) is 0 Å². The van der Waals surface area contributed by atoms with E-state index in [0.29, 0.717) is 11.8 Å². The molecule has 2 fully saturated rings. The fourth-order valence-electron chi connectivity index (χ4n) is 5.06. The van der Waals surface area contributed by atoms with Crippen LogP contribution in [0.4, 0.5) is 0 Å². The molecule has 136 valence electrons. The summed E-state index contributed by atoms with van der Waals surface area (Å²) in [6.07, 6.45) is 14.2. The molecule has 2 aliphatic carbocycles. The van der Waals surface area contributed by atoms with E-state index >= 15 is 0 Å². The van der Waals surface area contributed by atoms with Crippen LogP contribution in [-0.4, -0.2) is 11.1 Å². The second kappa shape index (κ2) is 7.99. The second-order valence-corrected chi connectivity index (χ2v) is 8.63. The summed E-state index contributed by atoms with van der Waals surface area (Å²) >= 11 is 4.34. The van der Waals surface area contributed by atoms with Gasteiger partial charge in [-0.05, 0) is 80.4 Å². The zero-order valence-corrected chi connectivity index (χ0v) is 16.1. The first-order valence-electron chi connectivity index (χ1n) is 9.70. The summed E-state index contributed by atoms with van der Waals surface area (Å²) in [7, 11) is 0. The molecule has 0 radical (unpaired) electrons. The van der Waals surface area contributed by atoms with Gasteiger partial charge in [-0.2, -0.15) is 0 Å². The molecule has 3 rings (SSSR count). The van der Waals surface area contributed by atoms with Crippen LogP contribution in [0.5, 0.6) is 0 Å². The van der Waals surface area contributed by atoms with Crippen LogP contribution in [0.15, 0.2) is 41.3 Å². The summed E-state index contributed by atoms with van der Waals surface area (Å²) < 4.78 is 0. The predicted octanol–water partition coefficient (Wildman–Crippen LogP) is 6.09. The number of carboxylic acids is 1. The molecule has 3 heteroatoms. The van der Waals surface area contributed by atoms with Crippen molar-refractivity contribution in [2.24, 2.45) is 17.3 Å². The third-order valence-electron chi connectivity index (χ3n) is 6.56. The lowest BCUT2D eigenvalue weighted by Gasteiger charge is -2.25. The molecule has 25 heavy (non-hydrogen) atoms. The van der Waals surface area contributed by atoms with Crippen LogP contribution in [0.2, 0.25) is 0 Å². The Morgan fingerprint density at radius 1 is 1.28 bits per heavy atom. The number of carboxylic acid groups (broad SMARTS) is 1. The smallest absolute Gasteiger partial charge is 0.307 e. The van der Waals surface area contributed by atoms with Crippen molar-refractivity contribution in [3.63, 3.8) is 0 Å². The summed E-state index contributed by atoms with van der Waals surface area (Å²) in [5.41, 5.74) is 1.68. The highest BCUT2D eigenvalue weighted by atomic mass is 32.1. The zero-order valence-electron chi connectivity index (χ0n) is 15.2. The monoisotopic (exact) mass is 358 g/mol. The van der Waals surface area contributed by atoms with Gasteiger partial charge in [0.15, 0.2) is 0 Å². The second-order valence-electron chi connectivity index (χ2n) is 8.11. The van der Waals surface area contributed by atoms with Crippen LogP contribution >= 0.6 is 12.6 Å². The van der Waals surface area contributed by atoms with Gasteiger partial charge in [-0.15, -0.1) is 12.6 Å². The third kappa shape index (κ3) is 4.31. The van der Waals surface area contributed by atoms with Gasteiger partial charge in [-0.1, -0.05) is 31.2 Å². The standard InChI is InChI=1S/C22H30O2S/c1-2-19(21(23)24)20(17-6-8-18(25)9-7-17)5-3-4-12-22-13-10-16(15-22)11-14-22/h3-4,6-9,16,19-20,25H,2,5,10-15H2,1H3,(H,23,24). The molecule has 2 bridgehead atoms. The molecule has 0 aromatic heterocycles. The van der Waals surface area contributed by atoms with E-state index in [0.717, 1.165) is 22.8 Å². The van der Waals surface area contributed by atoms with Gasteiger partial charge in [0, 0.05) is 10.8 Å². The van der Waals surface area contributed by atoms with E-state index in [-0.39, 0.29) is 11.8 Å². The van der Waals surface area contributed by atoms with Gasteiger partial charge in [0.05, 0.1) is 5.92 Å². The van der Waals surface area contributed by atoms with Crippen LogP contribution in [0.25, 0.3) is 0 Å². The number of benzene rings is 1. The highest BCUT2D eigenvalue weighted by molar-refractivity contribution is 7.80. The number of hydrogen-bond acceptors (Lipinski definition) is 2. The molecule has 0 amide bonds. The first-order chi connectivity index (χ1) is 12.0. The van der Waals surface area contributed by atoms with Crippen molar-refractivity contribution in [3.05, 3.63) is 42.0 Å². The number of aliphatic carboxylic acids is 1. The highest BCUT2D eigenvalue weighted by Crippen LogP contribution is 2.56. The summed E-state index contributed by atoms with van der Waals surface area (Å²) in [5.74, 6) is -0.0118. The normalized spacial score (nSPS) is 27.7. The first kappa shape index (κ1) is 18.6. The molecule has 2 saturated carbocycles. The Labute approximate surface area is 157 Å². The van der Waals surface area contributed by atoms with Crippen LogP contribution in [-0.2, 0) is 4.79 Å². The van der Waals surface area contributed by atoms with Crippen LogP contribution in [0, 0.1) is 17.3 Å². The number of allylic oxidation sites excluding steroid dienone is 2. The van der Waals surface area contributed by atoms with Gasteiger partial charge >= 0.3 is 5.97 Å². The average Bonchev–Trinajstić information content (AvgIpc) is 3.19. The van der Waals surface area contributed by atoms with E-state index in [1.165, 1.54) is 38.5 Å². The maximum atomic E-state index is 11.7. The average molecular weight is 359 g/mol. The Hall–Kier alpha value is -1.22. The minimum absolute atomic E-state index is 0.0325. The lowest BCUT2D eigenvalue weighted by molar-refractivity contribution is -0.142. The lowest BCUT2D eigenvalue weighted by Crippen LogP contribution is -2.21. The molecule has 2 unspecified atom stereocenters. The van der Waals surface area contributed by atoms with Gasteiger partial charge in [-0.25, -0.2) is 0 Å². The molecule has 2 nitrogen and oxygen atoms in total. The molecule has 1 aromatic carbocycles. The summed E-state index contributed by atoms with van der Waals surface area (Å²) in [6.45, 7) is 1.97. The van der Waals surface area contributed by atoms with Crippen molar-refractivity contribution < 1.29 is 9.90 Å². The fraction of sp³-hybridized carbons (Fsp3) is 0.591. The maximum absolute atomic E-state index is 11.7. The van der Waals surface area contributed by atoms with Gasteiger partial charge < -0.3 is 5.11 Å². The lowest BCUT2D eigenvalue weighted by atomic mass is 9.80. The predicted molar refractivity (Wildman–Crippen MR) is 105 cm³/mol. The molecule has 0 heterocycles. The molecule has 2 atom stereocenters. The van der Waals surface area contributed by atoms with Crippen LogP contribution < -0.4 is 0 Å². The first-order valence-corrected chi connectivity index (χ1v) is 10.1. The molecule has 0 saturated heterocycles. The van der Waals surface area contributed by atoms with Crippen LogP contribution in [0.3, 0.4) is 0 Å². The molecular formula is C22H30O2S. The minimum atomic E-state index is -0.691. The fourth-order valence-corrected chi connectivity index (χ4v) is 5.21. The van der Waals surface area contributed by atoms with E-state index in [1.54, 1.807) is 0 Å².